The summed E-state index contributed by atoms with van der Waals surface area (Å²) in [5.41, 5.74) is 5.52. The number of nitrogens with zero attached hydrogens (tertiary/aromatic N) is 3. The monoisotopic (exact) mass is 180 g/mol. The quantitative estimate of drug-likeness (QED) is 0.708. The first-order valence-electron chi connectivity index (χ1n) is 4.23. The summed E-state index contributed by atoms with van der Waals surface area (Å²) in [6.07, 6.45) is 1.21. The fraction of sp³-hybridized carbons (Fsp3) is 0.500. The van der Waals surface area contributed by atoms with Crippen molar-refractivity contribution in [2.24, 2.45) is 0 Å². The van der Waals surface area contributed by atoms with E-state index in [1.165, 1.54) is 6.42 Å². The maximum absolute atomic E-state index is 5.52. The van der Waals surface area contributed by atoms with Gasteiger partial charge in [0.25, 0.3) is 0 Å². The number of hydrogen-bond acceptors (Lipinski definition) is 5. The Balaban J connectivity index is 2.28. The van der Waals surface area contributed by atoms with E-state index >= 15 is 0 Å². The summed E-state index contributed by atoms with van der Waals surface area (Å²) in [6, 6.07) is 1.80. The van der Waals surface area contributed by atoms with Crippen molar-refractivity contribution in [1.82, 2.24) is 9.97 Å². The van der Waals surface area contributed by atoms with Crippen molar-refractivity contribution in [2.45, 2.75) is 6.42 Å². The van der Waals surface area contributed by atoms with Crippen LogP contribution in [0.1, 0.15) is 6.42 Å². The van der Waals surface area contributed by atoms with Gasteiger partial charge in [0.1, 0.15) is 5.82 Å². The number of hydrogen-bond donors (Lipinski definition) is 1. The van der Waals surface area contributed by atoms with Crippen LogP contribution >= 0.6 is 0 Å². The SMILES string of the molecule is COc1cc(N2CCC2)nc(N)n1. The van der Waals surface area contributed by atoms with Crippen LogP contribution in [0.15, 0.2) is 6.07 Å². The van der Waals surface area contributed by atoms with E-state index in [1.807, 2.05) is 0 Å². The van der Waals surface area contributed by atoms with Gasteiger partial charge >= 0.3 is 0 Å². The molecule has 13 heavy (non-hydrogen) atoms. The highest BCUT2D eigenvalue weighted by Crippen LogP contribution is 2.22. The van der Waals surface area contributed by atoms with Gasteiger partial charge in [-0.2, -0.15) is 9.97 Å². The number of nitrogen functional groups attached to an aromatic ring is 1. The lowest BCUT2D eigenvalue weighted by Gasteiger charge is -2.31. The maximum Gasteiger partial charge on any atom is 0.225 e. The minimum atomic E-state index is 0.265. The molecule has 0 amide bonds. The first-order valence-corrected chi connectivity index (χ1v) is 4.23. The van der Waals surface area contributed by atoms with E-state index < -0.39 is 0 Å². The van der Waals surface area contributed by atoms with Crippen molar-refractivity contribution in [3.05, 3.63) is 6.07 Å². The summed E-state index contributed by atoms with van der Waals surface area (Å²) in [5, 5.41) is 0. The lowest BCUT2D eigenvalue weighted by atomic mass is 10.2. The molecule has 5 nitrogen and oxygen atoms in total. The average molecular weight is 180 g/mol. The average Bonchev–Trinajstić information content (AvgIpc) is 2.00. The van der Waals surface area contributed by atoms with E-state index in [2.05, 4.69) is 14.9 Å². The van der Waals surface area contributed by atoms with Gasteiger partial charge in [0, 0.05) is 19.2 Å². The molecular weight excluding hydrogens is 168 g/mol. The minimum Gasteiger partial charge on any atom is -0.481 e. The highest BCUT2D eigenvalue weighted by Gasteiger charge is 2.17. The third-order valence-electron chi connectivity index (χ3n) is 2.10. The second kappa shape index (κ2) is 3.08. The third kappa shape index (κ3) is 1.49. The van der Waals surface area contributed by atoms with E-state index in [0.717, 1.165) is 18.9 Å². The first kappa shape index (κ1) is 8.10. The predicted molar refractivity (Wildman–Crippen MR) is 49.8 cm³/mol. The molecule has 0 atom stereocenters. The standard InChI is InChI=1S/C8H12N4O/c1-13-7-5-6(10-8(9)11-7)12-3-2-4-12/h5H,2-4H2,1H3,(H2,9,10,11). The normalized spacial score (nSPS) is 15.3. The van der Waals surface area contributed by atoms with Gasteiger partial charge in [-0.3, -0.25) is 0 Å². The van der Waals surface area contributed by atoms with Crippen LogP contribution in [0.5, 0.6) is 5.88 Å². The Kier molecular flexibility index (Phi) is 1.92. The Labute approximate surface area is 76.5 Å². The van der Waals surface area contributed by atoms with E-state index in [0.29, 0.717) is 5.88 Å². The van der Waals surface area contributed by atoms with Crippen LogP contribution in [-0.4, -0.2) is 30.2 Å². The molecule has 0 bridgehead atoms. The Morgan fingerprint density at radius 1 is 1.46 bits per heavy atom. The van der Waals surface area contributed by atoms with E-state index in [9.17, 15) is 0 Å². The van der Waals surface area contributed by atoms with Crippen molar-refractivity contribution in [3.8, 4) is 5.88 Å². The molecular formula is C8H12N4O. The Morgan fingerprint density at radius 2 is 2.23 bits per heavy atom. The van der Waals surface area contributed by atoms with Gasteiger partial charge in [0.2, 0.25) is 11.8 Å². The van der Waals surface area contributed by atoms with Crippen LogP contribution in [0, 0.1) is 0 Å². The van der Waals surface area contributed by atoms with Crippen molar-refractivity contribution in [3.63, 3.8) is 0 Å². The lowest BCUT2D eigenvalue weighted by molar-refractivity contribution is 0.397. The molecule has 5 heteroatoms. The molecule has 2 N–H and O–H groups in total. The van der Waals surface area contributed by atoms with Gasteiger partial charge in [-0.05, 0) is 6.42 Å². The molecule has 1 aromatic heterocycles. The fourth-order valence-corrected chi connectivity index (χ4v) is 1.24. The smallest absolute Gasteiger partial charge is 0.225 e. The molecule has 0 saturated carbocycles. The van der Waals surface area contributed by atoms with Gasteiger partial charge in [0.05, 0.1) is 7.11 Å². The zero-order valence-corrected chi connectivity index (χ0v) is 7.53. The van der Waals surface area contributed by atoms with Crippen LogP contribution in [0.3, 0.4) is 0 Å². The lowest BCUT2D eigenvalue weighted by Crippen LogP contribution is -2.37. The van der Waals surface area contributed by atoms with Gasteiger partial charge in [-0.1, -0.05) is 0 Å². The Morgan fingerprint density at radius 3 is 2.77 bits per heavy atom. The van der Waals surface area contributed by atoms with Crippen LogP contribution < -0.4 is 15.4 Å². The largest absolute Gasteiger partial charge is 0.481 e. The highest BCUT2D eigenvalue weighted by molar-refractivity contribution is 5.46. The zero-order valence-electron chi connectivity index (χ0n) is 7.53. The Bertz CT molecular complexity index is 311. The molecule has 0 unspecified atom stereocenters. The second-order valence-electron chi connectivity index (χ2n) is 2.97. The van der Waals surface area contributed by atoms with E-state index in [1.54, 1.807) is 13.2 Å². The third-order valence-corrected chi connectivity index (χ3v) is 2.10. The number of nitrogens with two attached hydrogens (primary N) is 1. The van der Waals surface area contributed by atoms with E-state index in [4.69, 9.17) is 10.5 Å². The topological polar surface area (TPSA) is 64.3 Å². The molecule has 1 aliphatic heterocycles. The molecule has 1 fully saturated rings. The van der Waals surface area contributed by atoms with Gasteiger partial charge < -0.3 is 15.4 Å². The van der Waals surface area contributed by atoms with Gasteiger partial charge in [-0.25, -0.2) is 0 Å². The molecule has 0 aliphatic carbocycles. The van der Waals surface area contributed by atoms with Gasteiger partial charge in [0.15, 0.2) is 0 Å². The number of rotatable bonds is 2. The molecule has 70 valence electrons. The fourth-order valence-electron chi connectivity index (χ4n) is 1.24. The van der Waals surface area contributed by atoms with Crippen molar-refractivity contribution >= 4 is 11.8 Å². The minimum absolute atomic E-state index is 0.265. The van der Waals surface area contributed by atoms with Crippen LogP contribution in [-0.2, 0) is 0 Å². The van der Waals surface area contributed by atoms with Crippen molar-refractivity contribution in [2.75, 3.05) is 30.8 Å². The second-order valence-corrected chi connectivity index (χ2v) is 2.97. The molecule has 1 aliphatic rings. The van der Waals surface area contributed by atoms with Crippen molar-refractivity contribution in [1.29, 1.82) is 0 Å². The highest BCUT2D eigenvalue weighted by atomic mass is 16.5. The summed E-state index contributed by atoms with van der Waals surface area (Å²) in [6.45, 7) is 2.08. The predicted octanol–water partition coefficient (Wildman–Crippen LogP) is 0.277. The number of anilines is 2. The summed E-state index contributed by atoms with van der Waals surface area (Å²) in [7, 11) is 1.57. The number of methoxy groups -OCH3 is 1. The molecule has 0 aromatic carbocycles. The molecule has 1 aromatic rings. The van der Waals surface area contributed by atoms with Crippen LogP contribution in [0.2, 0.25) is 0 Å². The molecule has 1 saturated heterocycles. The summed E-state index contributed by atoms with van der Waals surface area (Å²) in [5.74, 6) is 1.64. The summed E-state index contributed by atoms with van der Waals surface area (Å²) in [4.78, 5) is 10.2. The maximum atomic E-state index is 5.52. The van der Waals surface area contributed by atoms with Gasteiger partial charge in [-0.15, -0.1) is 0 Å². The first-order chi connectivity index (χ1) is 6.29. The summed E-state index contributed by atoms with van der Waals surface area (Å²) >= 11 is 0. The number of aromatic nitrogens is 2. The zero-order chi connectivity index (χ0) is 9.26. The van der Waals surface area contributed by atoms with Crippen molar-refractivity contribution < 1.29 is 4.74 Å². The summed E-state index contributed by atoms with van der Waals surface area (Å²) < 4.78 is 5.00. The number of ether oxygens (including phenoxy) is 1. The molecule has 2 rings (SSSR count). The van der Waals surface area contributed by atoms with E-state index in [-0.39, 0.29) is 5.95 Å². The Hall–Kier alpha value is -1.52. The molecule has 0 radical (unpaired) electrons. The molecule has 2 heterocycles. The van der Waals surface area contributed by atoms with Crippen LogP contribution in [0.25, 0.3) is 0 Å². The molecule has 0 spiro atoms. The van der Waals surface area contributed by atoms with Crippen LogP contribution in [0.4, 0.5) is 11.8 Å².